The minimum absolute atomic E-state index is 0.0315. The van der Waals surface area contributed by atoms with Crippen molar-refractivity contribution in [2.24, 2.45) is 0 Å². The zero-order chi connectivity index (χ0) is 26.9. The predicted octanol–water partition coefficient (Wildman–Crippen LogP) is 6.29. The second-order valence-electron chi connectivity index (χ2n) is 9.30. The SMILES string of the molecule is CCOP(=O)(OCC)OCC[N+](C)(C)CCCCCCCCCCC(=O)Oc1ccc([N+](=O)[O-])cc1. The first kappa shape index (κ1) is 32.2. The van der Waals surface area contributed by atoms with Gasteiger partial charge in [-0.25, -0.2) is 4.57 Å². The zero-order valence-corrected chi connectivity index (χ0v) is 23.2. The van der Waals surface area contributed by atoms with Crippen molar-refractivity contribution in [3.05, 3.63) is 34.4 Å². The third-order valence-corrected chi connectivity index (χ3v) is 7.34. The first-order chi connectivity index (χ1) is 17.1. The molecule has 0 amide bonds. The minimum Gasteiger partial charge on any atom is -0.427 e. The number of hydrogen-bond acceptors (Lipinski definition) is 8. The number of ether oxygens (including phenoxy) is 1. The van der Waals surface area contributed by atoms with Crippen LogP contribution in [0.25, 0.3) is 0 Å². The Hall–Kier alpha value is -1.84. The maximum atomic E-state index is 12.3. The number of carbonyl (C=O) groups excluding carboxylic acids is 1. The topological polar surface area (TPSA) is 114 Å². The van der Waals surface area contributed by atoms with Crippen molar-refractivity contribution < 1.29 is 37.1 Å². The molecule has 0 aliphatic heterocycles. The molecule has 10 nitrogen and oxygen atoms in total. The van der Waals surface area contributed by atoms with E-state index in [9.17, 15) is 19.5 Å². The number of quaternary nitrogens is 1. The molecule has 0 aliphatic carbocycles. The molecule has 1 rings (SSSR count). The fourth-order valence-electron chi connectivity index (χ4n) is 3.63. The van der Waals surface area contributed by atoms with E-state index in [0.717, 1.165) is 49.7 Å². The Morgan fingerprint density at radius 3 is 1.92 bits per heavy atom. The first-order valence-corrected chi connectivity index (χ1v) is 14.4. The number of rotatable bonds is 21. The number of nitrogens with zero attached hydrogens (tertiary/aromatic N) is 2. The van der Waals surface area contributed by atoms with Gasteiger partial charge in [0.1, 0.15) is 18.9 Å². The molecule has 11 heteroatoms. The summed E-state index contributed by atoms with van der Waals surface area (Å²) in [5.41, 5.74) is -0.0315. The predicted molar refractivity (Wildman–Crippen MR) is 139 cm³/mol. The molecule has 0 aromatic heterocycles. The molecule has 1 aromatic rings. The summed E-state index contributed by atoms with van der Waals surface area (Å²) in [5, 5.41) is 10.6. The summed E-state index contributed by atoms with van der Waals surface area (Å²) in [6.07, 6.45) is 8.98. The van der Waals surface area contributed by atoms with Gasteiger partial charge in [-0.15, -0.1) is 0 Å². The van der Waals surface area contributed by atoms with Crippen molar-refractivity contribution in [2.75, 3.05) is 47.0 Å². The molecule has 0 radical (unpaired) electrons. The summed E-state index contributed by atoms with van der Waals surface area (Å²) in [6.45, 7) is 6.17. The molecule has 0 atom stereocenters. The summed E-state index contributed by atoms with van der Waals surface area (Å²) in [6, 6.07) is 5.52. The lowest BCUT2D eigenvalue weighted by atomic mass is 10.1. The van der Waals surface area contributed by atoms with Gasteiger partial charge >= 0.3 is 13.8 Å². The van der Waals surface area contributed by atoms with Crippen LogP contribution in [0.5, 0.6) is 5.75 Å². The number of phosphoric ester groups is 1. The highest BCUT2D eigenvalue weighted by Crippen LogP contribution is 2.49. The van der Waals surface area contributed by atoms with E-state index in [1.807, 2.05) is 0 Å². The van der Waals surface area contributed by atoms with Crippen molar-refractivity contribution in [2.45, 2.75) is 71.6 Å². The van der Waals surface area contributed by atoms with E-state index < -0.39 is 12.7 Å². The van der Waals surface area contributed by atoms with Gasteiger partial charge in [-0.3, -0.25) is 28.5 Å². The fraction of sp³-hybridized carbons (Fsp3) is 0.720. The van der Waals surface area contributed by atoms with E-state index in [-0.39, 0.29) is 24.9 Å². The Balaban J connectivity index is 2.04. The van der Waals surface area contributed by atoms with Gasteiger partial charge in [0.05, 0.1) is 38.8 Å². The number of nitro groups is 1. The van der Waals surface area contributed by atoms with Crippen LogP contribution >= 0.6 is 7.82 Å². The van der Waals surface area contributed by atoms with Crippen molar-refractivity contribution in [1.29, 1.82) is 0 Å². The van der Waals surface area contributed by atoms with Gasteiger partial charge in [0, 0.05) is 18.6 Å². The second kappa shape index (κ2) is 17.6. The van der Waals surface area contributed by atoms with E-state index in [0.29, 0.717) is 18.8 Å². The Morgan fingerprint density at radius 1 is 0.861 bits per heavy atom. The number of nitro benzene ring substituents is 1. The minimum atomic E-state index is -3.44. The van der Waals surface area contributed by atoms with E-state index in [4.69, 9.17) is 18.3 Å². The van der Waals surface area contributed by atoms with Crippen molar-refractivity contribution in [1.82, 2.24) is 0 Å². The number of carbonyl (C=O) groups is 1. The number of non-ortho nitro benzene ring substituents is 1. The van der Waals surface area contributed by atoms with Crippen LogP contribution < -0.4 is 4.74 Å². The Kier molecular flexibility index (Phi) is 15.7. The molecule has 0 saturated heterocycles. The molecular formula is C25H44N2O8P+. The van der Waals surface area contributed by atoms with Gasteiger partial charge in [-0.1, -0.05) is 32.1 Å². The van der Waals surface area contributed by atoms with E-state index in [1.165, 1.54) is 43.5 Å². The molecule has 0 aliphatic rings. The molecule has 0 heterocycles. The van der Waals surface area contributed by atoms with Crippen LogP contribution in [0.15, 0.2) is 24.3 Å². The van der Waals surface area contributed by atoms with E-state index >= 15 is 0 Å². The molecule has 0 fully saturated rings. The fourth-order valence-corrected chi connectivity index (χ4v) is 4.79. The van der Waals surface area contributed by atoms with Gasteiger partial charge in [0.15, 0.2) is 0 Å². The molecular weight excluding hydrogens is 487 g/mol. The molecule has 206 valence electrons. The number of esters is 1. The number of phosphoric acid groups is 1. The second-order valence-corrected chi connectivity index (χ2v) is 11.0. The van der Waals surface area contributed by atoms with Crippen LogP contribution in [0.1, 0.15) is 71.6 Å². The van der Waals surface area contributed by atoms with Crippen LogP contribution in [0.3, 0.4) is 0 Å². The van der Waals surface area contributed by atoms with Gasteiger partial charge in [-0.05, 0) is 45.2 Å². The van der Waals surface area contributed by atoms with Crippen molar-refractivity contribution in [3.63, 3.8) is 0 Å². The van der Waals surface area contributed by atoms with Crippen LogP contribution in [0.4, 0.5) is 5.69 Å². The highest BCUT2D eigenvalue weighted by molar-refractivity contribution is 7.48. The summed E-state index contributed by atoms with van der Waals surface area (Å²) < 4.78 is 34.1. The number of likely N-dealkylation sites (N-methyl/N-ethyl adjacent to an activating group) is 1. The zero-order valence-electron chi connectivity index (χ0n) is 22.3. The van der Waals surface area contributed by atoms with Gasteiger partial charge in [-0.2, -0.15) is 0 Å². The summed E-state index contributed by atoms with van der Waals surface area (Å²) in [4.78, 5) is 22.1. The number of hydrogen-bond donors (Lipinski definition) is 0. The summed E-state index contributed by atoms with van der Waals surface area (Å²) >= 11 is 0. The molecule has 1 aromatic carbocycles. The first-order valence-electron chi connectivity index (χ1n) is 12.9. The van der Waals surface area contributed by atoms with Gasteiger partial charge < -0.3 is 9.22 Å². The van der Waals surface area contributed by atoms with Crippen LogP contribution in [0.2, 0.25) is 0 Å². The highest BCUT2D eigenvalue weighted by atomic mass is 31.2. The molecule has 0 unspecified atom stereocenters. The summed E-state index contributed by atoms with van der Waals surface area (Å²) in [7, 11) is 0.842. The highest BCUT2D eigenvalue weighted by Gasteiger charge is 2.26. The molecule has 0 N–H and O–H groups in total. The maximum absolute atomic E-state index is 12.3. The Labute approximate surface area is 215 Å². The smallest absolute Gasteiger partial charge is 0.427 e. The normalized spacial score (nSPS) is 12.0. The largest absolute Gasteiger partial charge is 0.474 e. The molecule has 0 spiro atoms. The lowest BCUT2D eigenvalue weighted by molar-refractivity contribution is -0.890. The number of benzene rings is 1. The van der Waals surface area contributed by atoms with Crippen LogP contribution in [0, 0.1) is 10.1 Å². The lowest BCUT2D eigenvalue weighted by Crippen LogP contribution is -2.43. The van der Waals surface area contributed by atoms with Gasteiger partial charge in [0.2, 0.25) is 0 Å². The standard InChI is InChI=1S/C25H44N2O8P/c1-5-32-36(31,33-6-2)34-22-21-27(3,4)20-14-12-10-8-7-9-11-13-15-25(28)35-24-18-16-23(17-19-24)26(29)30/h16-19H,5-15,20-22H2,1-4H3/q+1. The summed E-state index contributed by atoms with van der Waals surface area (Å²) in [5.74, 6) is 0.0181. The lowest BCUT2D eigenvalue weighted by Gasteiger charge is -2.30. The van der Waals surface area contributed by atoms with Crippen LogP contribution in [-0.2, 0) is 22.9 Å². The third-order valence-electron chi connectivity index (χ3n) is 5.69. The molecule has 0 saturated carbocycles. The monoisotopic (exact) mass is 531 g/mol. The molecule has 0 bridgehead atoms. The average molecular weight is 532 g/mol. The quantitative estimate of drug-likeness (QED) is 0.0346. The maximum Gasteiger partial charge on any atom is 0.474 e. The van der Waals surface area contributed by atoms with Crippen molar-refractivity contribution in [3.8, 4) is 5.75 Å². The van der Waals surface area contributed by atoms with Crippen molar-refractivity contribution >= 4 is 19.5 Å². The van der Waals surface area contributed by atoms with Gasteiger partial charge in [0.25, 0.3) is 5.69 Å². The Morgan fingerprint density at radius 2 is 1.39 bits per heavy atom. The number of unbranched alkanes of at least 4 members (excludes halogenated alkanes) is 7. The van der Waals surface area contributed by atoms with Crippen LogP contribution in [-0.4, -0.2) is 62.4 Å². The Bertz CT molecular complexity index is 807. The average Bonchev–Trinajstić information content (AvgIpc) is 2.80. The van der Waals surface area contributed by atoms with E-state index in [2.05, 4.69) is 14.1 Å². The molecule has 36 heavy (non-hydrogen) atoms. The van der Waals surface area contributed by atoms with E-state index in [1.54, 1.807) is 13.8 Å². The third kappa shape index (κ3) is 14.7.